The zero-order valence-corrected chi connectivity index (χ0v) is 11.7. The van der Waals surface area contributed by atoms with Gasteiger partial charge in [0.2, 0.25) is 12.2 Å². The Balaban J connectivity index is 2.05. The molecule has 0 amide bonds. The molecule has 0 aliphatic carbocycles. The normalized spacial score (nSPS) is 12.2. The monoisotopic (exact) mass is 277 g/mol. The van der Waals surface area contributed by atoms with Gasteiger partial charge in [0, 0.05) is 6.04 Å². The summed E-state index contributed by atoms with van der Waals surface area (Å²) in [7, 11) is 1.61. The van der Waals surface area contributed by atoms with E-state index in [9.17, 15) is 0 Å². The minimum Gasteiger partial charge on any atom is -0.493 e. The van der Waals surface area contributed by atoms with Crippen molar-refractivity contribution in [1.29, 1.82) is 0 Å². The quantitative estimate of drug-likeness (QED) is 0.832. The molecule has 1 aromatic carbocycles. The summed E-state index contributed by atoms with van der Waals surface area (Å²) >= 11 is 0. The van der Waals surface area contributed by atoms with E-state index in [1.807, 2.05) is 18.2 Å². The van der Waals surface area contributed by atoms with Gasteiger partial charge in [0.05, 0.1) is 7.11 Å². The number of aromatic nitrogens is 2. The van der Waals surface area contributed by atoms with Gasteiger partial charge in [-0.3, -0.25) is 0 Å². The largest absolute Gasteiger partial charge is 0.493 e. The van der Waals surface area contributed by atoms with Crippen molar-refractivity contribution < 1.29 is 14.0 Å². The van der Waals surface area contributed by atoms with Gasteiger partial charge in [-0.1, -0.05) is 18.1 Å². The zero-order valence-electron chi connectivity index (χ0n) is 11.7. The van der Waals surface area contributed by atoms with Crippen molar-refractivity contribution >= 4 is 0 Å². The van der Waals surface area contributed by atoms with Crippen molar-refractivity contribution in [2.45, 2.75) is 32.4 Å². The summed E-state index contributed by atoms with van der Waals surface area (Å²) in [5.74, 6) is 1.81. The van der Waals surface area contributed by atoms with Crippen LogP contribution >= 0.6 is 0 Å². The van der Waals surface area contributed by atoms with Gasteiger partial charge in [-0.25, -0.2) is 0 Å². The van der Waals surface area contributed by atoms with Gasteiger partial charge in [0.15, 0.2) is 18.1 Å². The first-order valence-electron chi connectivity index (χ1n) is 6.53. The highest BCUT2D eigenvalue weighted by molar-refractivity contribution is 5.43. The standard InChI is InChI=1S/C14H19N3O3/c1-3-11(15)6-10-4-5-12(13(7-10)18-2)19-8-14-16-9-20-17-14/h4-5,7,9,11H,3,6,8,15H2,1-2H3. The summed E-state index contributed by atoms with van der Waals surface area (Å²) in [4.78, 5) is 3.89. The number of hydrogen-bond acceptors (Lipinski definition) is 6. The van der Waals surface area contributed by atoms with Gasteiger partial charge < -0.3 is 19.7 Å². The third-order valence-electron chi connectivity index (χ3n) is 3.01. The molecule has 2 N–H and O–H groups in total. The Morgan fingerprint density at radius 2 is 2.20 bits per heavy atom. The van der Waals surface area contributed by atoms with Gasteiger partial charge >= 0.3 is 0 Å². The number of hydrogen-bond donors (Lipinski definition) is 1. The number of methoxy groups -OCH3 is 1. The molecule has 0 spiro atoms. The van der Waals surface area contributed by atoms with Crippen LogP contribution in [0.4, 0.5) is 0 Å². The van der Waals surface area contributed by atoms with Crippen LogP contribution in [0.5, 0.6) is 11.5 Å². The van der Waals surface area contributed by atoms with E-state index in [-0.39, 0.29) is 12.6 Å². The van der Waals surface area contributed by atoms with Crippen molar-refractivity contribution in [3.63, 3.8) is 0 Å². The predicted octanol–water partition coefficient (Wildman–Crippen LogP) is 1.94. The summed E-state index contributed by atoms with van der Waals surface area (Å²) < 4.78 is 15.6. The smallest absolute Gasteiger partial charge is 0.213 e. The second kappa shape index (κ2) is 6.91. The molecule has 6 heteroatoms. The van der Waals surface area contributed by atoms with Gasteiger partial charge in [-0.2, -0.15) is 4.98 Å². The highest BCUT2D eigenvalue weighted by Gasteiger charge is 2.09. The first kappa shape index (κ1) is 14.3. The van der Waals surface area contributed by atoms with Crippen molar-refractivity contribution in [2.24, 2.45) is 5.73 Å². The minimum absolute atomic E-state index is 0.158. The van der Waals surface area contributed by atoms with Gasteiger partial charge in [0.1, 0.15) is 0 Å². The third-order valence-corrected chi connectivity index (χ3v) is 3.01. The fraction of sp³-hybridized carbons (Fsp3) is 0.429. The van der Waals surface area contributed by atoms with Crippen LogP contribution in [0.25, 0.3) is 0 Å². The Labute approximate surface area is 117 Å². The summed E-state index contributed by atoms with van der Waals surface area (Å²) in [5.41, 5.74) is 7.09. The van der Waals surface area contributed by atoms with Crippen LogP contribution in [0.15, 0.2) is 29.1 Å². The van der Waals surface area contributed by atoms with E-state index in [1.54, 1.807) is 7.11 Å². The molecular weight excluding hydrogens is 258 g/mol. The fourth-order valence-electron chi connectivity index (χ4n) is 1.80. The van der Waals surface area contributed by atoms with Gasteiger partial charge in [0.25, 0.3) is 0 Å². The topological polar surface area (TPSA) is 83.4 Å². The average molecular weight is 277 g/mol. The van der Waals surface area contributed by atoms with Gasteiger partial charge in [-0.05, 0) is 30.5 Å². The molecule has 2 rings (SSSR count). The molecule has 0 fully saturated rings. The van der Waals surface area contributed by atoms with Crippen molar-refractivity contribution in [2.75, 3.05) is 7.11 Å². The van der Waals surface area contributed by atoms with Gasteiger partial charge in [-0.15, -0.1) is 0 Å². The molecule has 0 saturated heterocycles. The summed E-state index contributed by atoms with van der Waals surface area (Å²) in [6.07, 6.45) is 3.03. The fourth-order valence-corrected chi connectivity index (χ4v) is 1.80. The molecular formula is C14H19N3O3. The first-order chi connectivity index (χ1) is 9.72. The molecule has 2 aromatic rings. The van der Waals surface area contributed by atoms with E-state index in [1.165, 1.54) is 6.39 Å². The number of nitrogens with two attached hydrogens (primary N) is 1. The van der Waals surface area contributed by atoms with Crippen molar-refractivity contribution in [1.82, 2.24) is 10.1 Å². The van der Waals surface area contributed by atoms with Crippen molar-refractivity contribution in [3.8, 4) is 11.5 Å². The summed E-state index contributed by atoms with van der Waals surface area (Å²) in [6, 6.07) is 5.97. The Morgan fingerprint density at radius 3 is 2.85 bits per heavy atom. The van der Waals surface area contributed by atoms with E-state index < -0.39 is 0 Å². The molecule has 1 unspecified atom stereocenters. The Bertz CT molecular complexity index is 528. The van der Waals surface area contributed by atoms with E-state index in [4.69, 9.17) is 15.2 Å². The Hall–Kier alpha value is -2.08. The van der Waals surface area contributed by atoms with Crippen LogP contribution in [0.3, 0.4) is 0 Å². The molecule has 20 heavy (non-hydrogen) atoms. The second-order valence-electron chi connectivity index (χ2n) is 4.49. The molecule has 0 aliphatic rings. The first-order valence-corrected chi connectivity index (χ1v) is 6.53. The molecule has 1 atom stereocenters. The number of ether oxygens (including phenoxy) is 2. The van der Waals surface area contributed by atoms with Crippen LogP contribution < -0.4 is 15.2 Å². The highest BCUT2D eigenvalue weighted by atomic mass is 16.5. The SMILES string of the molecule is CCC(N)Cc1ccc(OCc2ncon2)c(OC)c1. The van der Waals surface area contributed by atoms with Crippen molar-refractivity contribution in [3.05, 3.63) is 36.0 Å². The maximum atomic E-state index is 5.96. The lowest BCUT2D eigenvalue weighted by Gasteiger charge is -2.13. The Morgan fingerprint density at radius 1 is 1.35 bits per heavy atom. The molecule has 0 radical (unpaired) electrons. The lowest BCUT2D eigenvalue weighted by molar-refractivity contribution is 0.269. The molecule has 1 aromatic heterocycles. The lowest BCUT2D eigenvalue weighted by Crippen LogP contribution is -2.21. The molecule has 0 bridgehead atoms. The minimum atomic E-state index is 0.158. The highest BCUT2D eigenvalue weighted by Crippen LogP contribution is 2.29. The number of benzene rings is 1. The maximum absolute atomic E-state index is 5.96. The molecule has 6 nitrogen and oxygen atoms in total. The zero-order chi connectivity index (χ0) is 14.4. The van der Waals surface area contributed by atoms with Crippen LogP contribution in [0.1, 0.15) is 24.7 Å². The molecule has 0 saturated carbocycles. The Kier molecular flexibility index (Phi) is 4.95. The van der Waals surface area contributed by atoms with E-state index in [0.717, 1.165) is 18.4 Å². The number of nitrogens with zero attached hydrogens (tertiary/aromatic N) is 2. The molecule has 108 valence electrons. The van der Waals surface area contributed by atoms with E-state index in [2.05, 4.69) is 21.6 Å². The van der Waals surface area contributed by atoms with E-state index >= 15 is 0 Å². The maximum Gasteiger partial charge on any atom is 0.213 e. The molecule has 0 aliphatic heterocycles. The van der Waals surface area contributed by atoms with Crippen LogP contribution in [0, 0.1) is 0 Å². The third kappa shape index (κ3) is 3.71. The second-order valence-corrected chi connectivity index (χ2v) is 4.49. The molecule has 1 heterocycles. The van der Waals surface area contributed by atoms with Crippen LogP contribution in [-0.2, 0) is 13.0 Å². The predicted molar refractivity (Wildman–Crippen MR) is 73.6 cm³/mol. The van der Waals surface area contributed by atoms with Crippen LogP contribution in [0.2, 0.25) is 0 Å². The number of rotatable bonds is 7. The summed E-state index contributed by atoms with van der Waals surface area (Å²) in [5, 5.41) is 3.69. The lowest BCUT2D eigenvalue weighted by atomic mass is 10.0. The summed E-state index contributed by atoms with van der Waals surface area (Å²) in [6.45, 7) is 2.31. The van der Waals surface area contributed by atoms with E-state index in [0.29, 0.717) is 17.3 Å². The average Bonchev–Trinajstić information content (AvgIpc) is 2.98. The van der Waals surface area contributed by atoms with Crippen LogP contribution in [-0.4, -0.2) is 23.3 Å².